The highest BCUT2D eigenvalue weighted by Crippen LogP contribution is 2.33. The first kappa shape index (κ1) is 12.4. The molecule has 0 aromatic heterocycles. The summed E-state index contributed by atoms with van der Waals surface area (Å²) in [5.41, 5.74) is 6.21. The first-order valence-corrected chi connectivity index (χ1v) is 7.12. The number of carbonyl (C=O) groups excluding carboxylic acids is 1. The molecule has 3 aliphatic heterocycles. The molecule has 5 heteroatoms. The lowest BCUT2D eigenvalue weighted by molar-refractivity contribution is -0.131. The van der Waals surface area contributed by atoms with Gasteiger partial charge in [0, 0.05) is 38.8 Å². The Morgan fingerprint density at radius 1 is 1.33 bits per heavy atom. The first-order chi connectivity index (χ1) is 8.66. The van der Waals surface area contributed by atoms with E-state index in [-0.39, 0.29) is 12.0 Å². The maximum Gasteiger partial charge on any atom is 0.227 e. The molecule has 3 fully saturated rings. The largest absolute Gasteiger partial charge is 0.345 e. The third-order valence-electron chi connectivity index (χ3n) is 4.95. The summed E-state index contributed by atoms with van der Waals surface area (Å²) < 4.78 is 0. The van der Waals surface area contributed by atoms with E-state index < -0.39 is 0 Å². The highest BCUT2D eigenvalue weighted by atomic mass is 16.2. The quantitative estimate of drug-likeness (QED) is 0.634. The zero-order valence-electron chi connectivity index (χ0n) is 11.1. The van der Waals surface area contributed by atoms with Crippen LogP contribution in [-0.2, 0) is 4.79 Å². The Labute approximate surface area is 109 Å². The number of hydrogen-bond donors (Lipinski definition) is 2. The molecule has 1 amide bonds. The predicted octanol–water partition coefficient (Wildman–Crippen LogP) is -0.914. The van der Waals surface area contributed by atoms with Gasteiger partial charge in [-0.3, -0.25) is 9.69 Å². The van der Waals surface area contributed by atoms with Crippen molar-refractivity contribution in [2.24, 2.45) is 17.6 Å². The van der Waals surface area contributed by atoms with Gasteiger partial charge in [-0.1, -0.05) is 0 Å². The van der Waals surface area contributed by atoms with Crippen LogP contribution in [-0.4, -0.2) is 67.6 Å². The maximum absolute atomic E-state index is 12.1. The molecule has 2 unspecified atom stereocenters. The fourth-order valence-corrected chi connectivity index (χ4v) is 3.87. The van der Waals surface area contributed by atoms with Crippen LogP contribution < -0.4 is 11.1 Å². The third-order valence-corrected chi connectivity index (χ3v) is 4.95. The standard InChI is InChI=1S/C13H24N4O/c1-16-7-9-3-5-17(8-10(9)13(16)18)12-2-4-15-6-11(12)14/h9-12,15H,2-8,14H2,1H3/t9-,10-,11?,12?/m0/s1. The number of rotatable bonds is 1. The first-order valence-electron chi connectivity index (χ1n) is 7.12. The maximum atomic E-state index is 12.1. The van der Waals surface area contributed by atoms with Crippen LogP contribution >= 0.6 is 0 Å². The molecular weight excluding hydrogens is 228 g/mol. The predicted molar refractivity (Wildman–Crippen MR) is 70.1 cm³/mol. The van der Waals surface area contributed by atoms with E-state index in [2.05, 4.69) is 10.2 Å². The summed E-state index contributed by atoms with van der Waals surface area (Å²) in [7, 11) is 1.93. The molecule has 0 saturated carbocycles. The van der Waals surface area contributed by atoms with Crippen molar-refractivity contribution >= 4 is 5.91 Å². The normalized spacial score (nSPS) is 42.1. The van der Waals surface area contributed by atoms with Gasteiger partial charge < -0.3 is 16.0 Å². The molecule has 3 saturated heterocycles. The minimum absolute atomic E-state index is 0.213. The number of piperidine rings is 2. The summed E-state index contributed by atoms with van der Waals surface area (Å²) >= 11 is 0. The molecule has 18 heavy (non-hydrogen) atoms. The van der Waals surface area contributed by atoms with Crippen LogP contribution in [0.5, 0.6) is 0 Å². The van der Waals surface area contributed by atoms with Gasteiger partial charge in [-0.15, -0.1) is 0 Å². The molecule has 0 aliphatic carbocycles. The second-order valence-corrected chi connectivity index (χ2v) is 6.09. The molecule has 0 radical (unpaired) electrons. The second kappa shape index (κ2) is 4.79. The lowest BCUT2D eigenvalue weighted by Crippen LogP contribution is -2.59. The number of carbonyl (C=O) groups is 1. The Balaban J connectivity index is 1.67. The van der Waals surface area contributed by atoms with Crippen LogP contribution in [0.2, 0.25) is 0 Å². The number of likely N-dealkylation sites (tertiary alicyclic amines) is 2. The molecule has 5 nitrogen and oxygen atoms in total. The van der Waals surface area contributed by atoms with Crippen molar-refractivity contribution in [3.8, 4) is 0 Å². The van der Waals surface area contributed by atoms with Crippen molar-refractivity contribution in [1.82, 2.24) is 15.1 Å². The van der Waals surface area contributed by atoms with Crippen molar-refractivity contribution < 1.29 is 4.79 Å². The smallest absolute Gasteiger partial charge is 0.227 e. The van der Waals surface area contributed by atoms with E-state index in [1.54, 1.807) is 0 Å². The topological polar surface area (TPSA) is 61.6 Å². The van der Waals surface area contributed by atoms with Gasteiger partial charge in [0.1, 0.15) is 0 Å². The molecule has 0 aromatic rings. The highest BCUT2D eigenvalue weighted by Gasteiger charge is 2.44. The van der Waals surface area contributed by atoms with E-state index in [1.165, 1.54) is 0 Å². The minimum atomic E-state index is 0.213. The van der Waals surface area contributed by atoms with Crippen molar-refractivity contribution in [2.45, 2.75) is 24.9 Å². The molecule has 0 spiro atoms. The third kappa shape index (κ3) is 2.04. The Morgan fingerprint density at radius 3 is 2.94 bits per heavy atom. The van der Waals surface area contributed by atoms with Gasteiger partial charge in [0.25, 0.3) is 0 Å². The number of amides is 1. The van der Waals surface area contributed by atoms with Gasteiger partial charge in [0.05, 0.1) is 5.92 Å². The second-order valence-electron chi connectivity index (χ2n) is 6.09. The van der Waals surface area contributed by atoms with Crippen molar-refractivity contribution in [1.29, 1.82) is 0 Å². The van der Waals surface area contributed by atoms with Gasteiger partial charge in [0.15, 0.2) is 0 Å². The molecule has 3 rings (SSSR count). The van der Waals surface area contributed by atoms with Crippen molar-refractivity contribution in [2.75, 3.05) is 39.8 Å². The van der Waals surface area contributed by atoms with Crippen LogP contribution in [0.3, 0.4) is 0 Å². The number of nitrogens with zero attached hydrogens (tertiary/aromatic N) is 2. The van der Waals surface area contributed by atoms with E-state index in [1.807, 2.05) is 11.9 Å². The van der Waals surface area contributed by atoms with E-state index in [9.17, 15) is 4.79 Å². The lowest BCUT2D eigenvalue weighted by Gasteiger charge is -2.43. The van der Waals surface area contributed by atoms with Gasteiger partial charge in [-0.2, -0.15) is 0 Å². The molecule has 102 valence electrons. The zero-order valence-corrected chi connectivity index (χ0v) is 11.1. The summed E-state index contributed by atoms with van der Waals surface area (Å²) in [5, 5.41) is 3.34. The molecular formula is C13H24N4O. The van der Waals surface area contributed by atoms with Crippen LogP contribution in [0.25, 0.3) is 0 Å². The van der Waals surface area contributed by atoms with E-state index >= 15 is 0 Å². The molecule has 3 heterocycles. The van der Waals surface area contributed by atoms with E-state index in [4.69, 9.17) is 5.73 Å². The van der Waals surface area contributed by atoms with Gasteiger partial charge >= 0.3 is 0 Å². The molecule has 0 bridgehead atoms. The van der Waals surface area contributed by atoms with E-state index in [0.717, 1.165) is 45.6 Å². The SMILES string of the molecule is CN1C[C@@H]2CCN(C3CCNCC3N)C[C@@H]2C1=O. The van der Waals surface area contributed by atoms with E-state index in [0.29, 0.717) is 17.9 Å². The summed E-state index contributed by atoms with van der Waals surface area (Å²) in [5.74, 6) is 1.15. The monoisotopic (exact) mass is 252 g/mol. The van der Waals surface area contributed by atoms with Crippen molar-refractivity contribution in [3.05, 3.63) is 0 Å². The average molecular weight is 252 g/mol. The van der Waals surface area contributed by atoms with Gasteiger partial charge in [-0.25, -0.2) is 0 Å². The summed E-state index contributed by atoms with van der Waals surface area (Å²) in [6.45, 7) is 4.95. The number of fused-ring (bicyclic) bond motifs is 1. The van der Waals surface area contributed by atoms with Crippen LogP contribution in [0, 0.1) is 11.8 Å². The Hall–Kier alpha value is -0.650. The molecule has 0 aromatic carbocycles. The minimum Gasteiger partial charge on any atom is -0.345 e. The summed E-state index contributed by atoms with van der Waals surface area (Å²) in [4.78, 5) is 16.5. The number of nitrogens with two attached hydrogens (primary N) is 1. The molecule has 3 aliphatic rings. The Bertz CT molecular complexity index is 335. The van der Waals surface area contributed by atoms with Crippen LogP contribution in [0.4, 0.5) is 0 Å². The summed E-state index contributed by atoms with van der Waals surface area (Å²) in [6, 6.07) is 0.676. The Kier molecular flexibility index (Phi) is 3.30. The molecule has 3 N–H and O–H groups in total. The lowest BCUT2D eigenvalue weighted by atomic mass is 9.86. The molecule has 4 atom stereocenters. The fourth-order valence-electron chi connectivity index (χ4n) is 3.87. The van der Waals surface area contributed by atoms with Gasteiger partial charge in [-0.05, 0) is 31.8 Å². The van der Waals surface area contributed by atoms with Gasteiger partial charge in [0.2, 0.25) is 5.91 Å². The summed E-state index contributed by atoms with van der Waals surface area (Å²) in [6.07, 6.45) is 2.26. The van der Waals surface area contributed by atoms with Crippen LogP contribution in [0.1, 0.15) is 12.8 Å². The zero-order chi connectivity index (χ0) is 12.7. The van der Waals surface area contributed by atoms with Crippen LogP contribution in [0.15, 0.2) is 0 Å². The van der Waals surface area contributed by atoms with Crippen molar-refractivity contribution in [3.63, 3.8) is 0 Å². The highest BCUT2D eigenvalue weighted by molar-refractivity contribution is 5.81. The average Bonchev–Trinajstić information content (AvgIpc) is 2.66. The number of nitrogens with one attached hydrogen (secondary N) is 1. The Morgan fingerprint density at radius 2 is 2.17 bits per heavy atom. The number of hydrogen-bond acceptors (Lipinski definition) is 4. The fraction of sp³-hybridized carbons (Fsp3) is 0.923.